The molecular formula is C18H21N3O4. The van der Waals surface area contributed by atoms with Gasteiger partial charge < -0.3 is 14.9 Å². The molecule has 1 aliphatic rings. The van der Waals surface area contributed by atoms with Crippen LogP contribution in [0.3, 0.4) is 0 Å². The third-order valence-electron chi connectivity index (χ3n) is 4.32. The number of benzene rings is 1. The number of rotatable bonds is 4. The number of nitrogens with one attached hydrogen (secondary N) is 1. The Hall–Kier alpha value is -2.70. The van der Waals surface area contributed by atoms with Crippen LogP contribution >= 0.6 is 0 Å². The summed E-state index contributed by atoms with van der Waals surface area (Å²) in [6.45, 7) is 5.95. The molecule has 2 aromatic rings. The molecule has 0 aliphatic heterocycles. The summed E-state index contributed by atoms with van der Waals surface area (Å²) in [5.74, 6) is -0.578. The fourth-order valence-corrected chi connectivity index (χ4v) is 2.71. The monoisotopic (exact) mass is 343 g/mol. The highest BCUT2D eigenvalue weighted by Gasteiger charge is 2.35. The highest BCUT2D eigenvalue weighted by atomic mass is 16.5. The largest absolute Gasteiger partial charge is 0.481 e. The van der Waals surface area contributed by atoms with Crippen LogP contribution in [0.2, 0.25) is 0 Å². The first kappa shape index (κ1) is 17.1. The lowest BCUT2D eigenvalue weighted by atomic mass is 9.80. The SMILES string of the molecule is CC(C)(C)c1noc(-c2ccccc2C(=O)NC2CC(C(=O)O)C2)n1. The standard InChI is InChI=1S/C18H21N3O4/c1-18(2,3)17-20-15(25-21-17)13-7-5-4-6-12(13)14(22)19-11-8-10(9-11)16(23)24/h4-7,10-11H,8-9H2,1-3H3,(H,19,22)(H,23,24). The van der Waals surface area contributed by atoms with Gasteiger partial charge in [0.15, 0.2) is 5.82 Å². The van der Waals surface area contributed by atoms with Crippen molar-refractivity contribution in [3.63, 3.8) is 0 Å². The summed E-state index contributed by atoms with van der Waals surface area (Å²) in [6, 6.07) is 6.90. The van der Waals surface area contributed by atoms with Crippen molar-refractivity contribution >= 4 is 11.9 Å². The Balaban J connectivity index is 1.78. The lowest BCUT2D eigenvalue weighted by Gasteiger charge is -2.32. The van der Waals surface area contributed by atoms with E-state index in [-0.39, 0.29) is 23.3 Å². The Morgan fingerprint density at radius 1 is 1.24 bits per heavy atom. The molecule has 3 rings (SSSR count). The van der Waals surface area contributed by atoms with Crippen LogP contribution in [0.1, 0.15) is 49.8 Å². The summed E-state index contributed by atoms with van der Waals surface area (Å²) < 4.78 is 5.34. The van der Waals surface area contributed by atoms with E-state index in [1.165, 1.54) is 0 Å². The number of carboxylic acid groups (broad SMARTS) is 1. The van der Waals surface area contributed by atoms with Crippen molar-refractivity contribution in [2.45, 2.75) is 45.1 Å². The number of hydrogen-bond acceptors (Lipinski definition) is 5. The minimum atomic E-state index is -0.813. The second-order valence-electron chi connectivity index (χ2n) is 7.40. The van der Waals surface area contributed by atoms with Gasteiger partial charge >= 0.3 is 5.97 Å². The molecule has 1 aromatic heterocycles. The van der Waals surface area contributed by atoms with Crippen molar-refractivity contribution in [1.82, 2.24) is 15.5 Å². The molecule has 132 valence electrons. The summed E-state index contributed by atoms with van der Waals surface area (Å²) in [4.78, 5) is 27.8. The maximum absolute atomic E-state index is 12.6. The fraction of sp³-hybridized carbons (Fsp3) is 0.444. The van der Waals surface area contributed by atoms with Gasteiger partial charge in [-0.05, 0) is 25.0 Å². The zero-order valence-electron chi connectivity index (χ0n) is 14.4. The van der Waals surface area contributed by atoms with Gasteiger partial charge in [0, 0.05) is 11.5 Å². The smallest absolute Gasteiger partial charge is 0.306 e. The van der Waals surface area contributed by atoms with Gasteiger partial charge in [-0.25, -0.2) is 0 Å². The molecule has 0 spiro atoms. The normalized spacial score (nSPS) is 20.0. The lowest BCUT2D eigenvalue weighted by Crippen LogP contribution is -2.46. The molecule has 7 nitrogen and oxygen atoms in total. The van der Waals surface area contributed by atoms with Crippen LogP contribution in [0, 0.1) is 5.92 Å². The maximum atomic E-state index is 12.6. The van der Waals surface area contributed by atoms with E-state index in [0.717, 1.165) is 0 Å². The van der Waals surface area contributed by atoms with E-state index in [1.54, 1.807) is 24.3 Å². The van der Waals surface area contributed by atoms with Crippen LogP contribution in [0.4, 0.5) is 0 Å². The highest BCUT2D eigenvalue weighted by Crippen LogP contribution is 2.29. The zero-order valence-corrected chi connectivity index (χ0v) is 14.4. The third-order valence-corrected chi connectivity index (χ3v) is 4.32. The minimum absolute atomic E-state index is 0.116. The van der Waals surface area contributed by atoms with Crippen molar-refractivity contribution in [3.05, 3.63) is 35.7 Å². The Morgan fingerprint density at radius 2 is 1.92 bits per heavy atom. The molecule has 2 N–H and O–H groups in total. The first-order valence-corrected chi connectivity index (χ1v) is 8.23. The molecule has 0 radical (unpaired) electrons. The van der Waals surface area contributed by atoms with Crippen LogP contribution in [-0.4, -0.2) is 33.2 Å². The Morgan fingerprint density at radius 3 is 2.52 bits per heavy atom. The van der Waals surface area contributed by atoms with E-state index in [9.17, 15) is 9.59 Å². The summed E-state index contributed by atoms with van der Waals surface area (Å²) in [5.41, 5.74) is 0.749. The number of aliphatic carboxylic acids is 1. The number of carbonyl (C=O) groups excluding carboxylic acids is 1. The molecule has 0 bridgehead atoms. The predicted molar refractivity (Wildman–Crippen MR) is 90.0 cm³/mol. The Kier molecular flexibility index (Phi) is 4.32. The number of nitrogens with zero attached hydrogens (tertiary/aromatic N) is 2. The quantitative estimate of drug-likeness (QED) is 0.884. The molecular weight excluding hydrogens is 322 g/mol. The number of amides is 1. The van der Waals surface area contributed by atoms with Gasteiger partial charge in [0.25, 0.3) is 11.8 Å². The number of carbonyl (C=O) groups is 2. The number of hydrogen-bond donors (Lipinski definition) is 2. The molecule has 1 aromatic carbocycles. The molecule has 1 saturated carbocycles. The molecule has 1 heterocycles. The highest BCUT2D eigenvalue weighted by molar-refractivity contribution is 6.00. The topological polar surface area (TPSA) is 105 Å². The van der Waals surface area contributed by atoms with Crippen LogP contribution in [-0.2, 0) is 10.2 Å². The van der Waals surface area contributed by atoms with Crippen molar-refractivity contribution in [1.29, 1.82) is 0 Å². The fourth-order valence-electron chi connectivity index (χ4n) is 2.71. The average molecular weight is 343 g/mol. The van der Waals surface area contributed by atoms with Crippen LogP contribution < -0.4 is 5.32 Å². The van der Waals surface area contributed by atoms with Gasteiger partial charge in [-0.15, -0.1) is 0 Å². The maximum Gasteiger partial charge on any atom is 0.306 e. The van der Waals surface area contributed by atoms with E-state index in [4.69, 9.17) is 9.63 Å². The number of aromatic nitrogens is 2. The van der Waals surface area contributed by atoms with Gasteiger partial charge in [-0.3, -0.25) is 9.59 Å². The second-order valence-corrected chi connectivity index (χ2v) is 7.40. The van der Waals surface area contributed by atoms with E-state index in [2.05, 4.69) is 15.5 Å². The Labute approximate surface area is 145 Å². The lowest BCUT2D eigenvalue weighted by molar-refractivity contribution is -0.145. The third kappa shape index (κ3) is 3.55. The van der Waals surface area contributed by atoms with E-state index >= 15 is 0 Å². The molecule has 0 atom stereocenters. The van der Waals surface area contributed by atoms with Crippen LogP contribution in [0.15, 0.2) is 28.8 Å². The van der Waals surface area contributed by atoms with E-state index in [1.807, 2.05) is 20.8 Å². The summed E-state index contributed by atoms with van der Waals surface area (Å²) in [6.07, 6.45) is 0.913. The first-order chi connectivity index (χ1) is 11.8. The molecule has 1 aliphatic carbocycles. The Bertz CT molecular complexity index is 801. The summed E-state index contributed by atoms with van der Waals surface area (Å²) >= 11 is 0. The molecule has 1 amide bonds. The van der Waals surface area contributed by atoms with Gasteiger partial charge in [-0.2, -0.15) is 4.98 Å². The van der Waals surface area contributed by atoms with E-state index in [0.29, 0.717) is 35.7 Å². The summed E-state index contributed by atoms with van der Waals surface area (Å²) in [7, 11) is 0. The minimum Gasteiger partial charge on any atom is -0.481 e. The predicted octanol–water partition coefficient (Wildman–Crippen LogP) is 2.63. The molecule has 7 heteroatoms. The molecule has 1 fully saturated rings. The van der Waals surface area contributed by atoms with Gasteiger partial charge in [0.2, 0.25) is 0 Å². The van der Waals surface area contributed by atoms with E-state index < -0.39 is 5.97 Å². The molecule has 0 unspecified atom stereocenters. The van der Waals surface area contributed by atoms with Crippen molar-refractivity contribution < 1.29 is 19.2 Å². The van der Waals surface area contributed by atoms with Crippen LogP contribution in [0.25, 0.3) is 11.5 Å². The number of carboxylic acids is 1. The van der Waals surface area contributed by atoms with Crippen LogP contribution in [0.5, 0.6) is 0 Å². The summed E-state index contributed by atoms with van der Waals surface area (Å²) in [5, 5.41) is 15.8. The van der Waals surface area contributed by atoms with Gasteiger partial charge in [0.1, 0.15) is 0 Å². The van der Waals surface area contributed by atoms with Gasteiger partial charge in [-0.1, -0.05) is 38.1 Å². The molecule has 0 saturated heterocycles. The zero-order chi connectivity index (χ0) is 18.2. The van der Waals surface area contributed by atoms with Crippen molar-refractivity contribution in [3.8, 4) is 11.5 Å². The second kappa shape index (κ2) is 6.31. The first-order valence-electron chi connectivity index (χ1n) is 8.23. The van der Waals surface area contributed by atoms with Crippen molar-refractivity contribution in [2.24, 2.45) is 5.92 Å². The van der Waals surface area contributed by atoms with Crippen molar-refractivity contribution in [2.75, 3.05) is 0 Å². The average Bonchev–Trinajstić information content (AvgIpc) is 2.99. The molecule has 25 heavy (non-hydrogen) atoms. The van der Waals surface area contributed by atoms with Gasteiger partial charge in [0.05, 0.1) is 17.0 Å².